The number of rotatable bonds is 8. The van der Waals surface area contributed by atoms with Crippen LogP contribution in [0.3, 0.4) is 0 Å². The highest BCUT2D eigenvalue weighted by Crippen LogP contribution is 2.23. The molecule has 4 rings (SSSR count). The Morgan fingerprint density at radius 3 is 2.24 bits per heavy atom. The molecule has 170 valence electrons. The van der Waals surface area contributed by atoms with Crippen LogP contribution in [0, 0.1) is 0 Å². The van der Waals surface area contributed by atoms with Crippen LogP contribution >= 0.6 is 11.8 Å². The first-order valence-corrected chi connectivity index (χ1v) is 11.6. The van der Waals surface area contributed by atoms with E-state index in [1.807, 2.05) is 60.7 Å². The highest BCUT2D eigenvalue weighted by Gasteiger charge is 2.20. The number of fused-ring (bicyclic) bond motifs is 1. The summed E-state index contributed by atoms with van der Waals surface area (Å²) in [6.45, 7) is 0.946. The molecule has 0 aliphatic rings. The molecule has 0 fully saturated rings. The molecule has 0 radical (unpaired) electrons. The summed E-state index contributed by atoms with van der Waals surface area (Å²) in [6.07, 6.45) is 0.752. The maximum Gasteiger partial charge on any atom is 0.332 e. The van der Waals surface area contributed by atoms with E-state index in [1.54, 1.807) is 11.6 Å². The SMILES string of the molecule is Cn1c(=O)c2c(nc(SCC(=O)NCCc3ccccc3)n2Cc2ccccc2)n(C)c1=O. The number of aromatic nitrogens is 4. The summed E-state index contributed by atoms with van der Waals surface area (Å²) >= 11 is 1.25. The summed E-state index contributed by atoms with van der Waals surface area (Å²) in [5.41, 5.74) is 1.96. The fourth-order valence-electron chi connectivity index (χ4n) is 3.62. The number of benzene rings is 2. The van der Waals surface area contributed by atoms with Gasteiger partial charge in [0, 0.05) is 20.6 Å². The minimum absolute atomic E-state index is 0.115. The summed E-state index contributed by atoms with van der Waals surface area (Å²) in [5.74, 6) is 0.0392. The van der Waals surface area contributed by atoms with Gasteiger partial charge < -0.3 is 9.88 Å². The van der Waals surface area contributed by atoms with E-state index in [0.29, 0.717) is 29.4 Å². The standard InChI is InChI=1S/C24H25N5O3S/c1-27-21-20(22(31)28(2)24(27)32)29(15-18-11-7-4-8-12-18)23(26-21)33-16-19(30)25-14-13-17-9-5-3-6-10-17/h3-12H,13-16H2,1-2H3,(H,25,30). The third-order valence-corrected chi connectivity index (χ3v) is 6.38. The molecule has 0 saturated carbocycles. The van der Waals surface area contributed by atoms with Gasteiger partial charge in [0.1, 0.15) is 0 Å². The number of hydrogen-bond donors (Lipinski definition) is 1. The van der Waals surface area contributed by atoms with Gasteiger partial charge >= 0.3 is 5.69 Å². The van der Waals surface area contributed by atoms with Gasteiger partial charge in [-0.15, -0.1) is 0 Å². The molecular formula is C24H25N5O3S. The monoisotopic (exact) mass is 463 g/mol. The highest BCUT2D eigenvalue weighted by molar-refractivity contribution is 7.99. The first-order valence-electron chi connectivity index (χ1n) is 10.6. The summed E-state index contributed by atoms with van der Waals surface area (Å²) in [5, 5.41) is 3.45. The normalized spacial score (nSPS) is 11.1. The van der Waals surface area contributed by atoms with Gasteiger partial charge in [0.05, 0.1) is 12.3 Å². The lowest BCUT2D eigenvalue weighted by Gasteiger charge is -2.10. The Morgan fingerprint density at radius 1 is 0.939 bits per heavy atom. The van der Waals surface area contributed by atoms with Crippen LogP contribution in [0.2, 0.25) is 0 Å². The summed E-state index contributed by atoms with van der Waals surface area (Å²) in [4.78, 5) is 42.3. The second-order valence-corrected chi connectivity index (χ2v) is 8.66. The van der Waals surface area contributed by atoms with Gasteiger partial charge in [-0.3, -0.25) is 18.7 Å². The van der Waals surface area contributed by atoms with Gasteiger partial charge in [-0.05, 0) is 17.5 Å². The van der Waals surface area contributed by atoms with E-state index in [0.717, 1.165) is 22.1 Å². The molecule has 0 atom stereocenters. The minimum atomic E-state index is -0.438. The van der Waals surface area contributed by atoms with Crippen molar-refractivity contribution in [2.45, 2.75) is 18.1 Å². The molecule has 4 aromatic rings. The van der Waals surface area contributed by atoms with Crippen LogP contribution < -0.4 is 16.6 Å². The molecule has 0 aliphatic heterocycles. The zero-order valence-electron chi connectivity index (χ0n) is 18.5. The van der Waals surface area contributed by atoms with Crippen molar-refractivity contribution in [3.05, 3.63) is 92.6 Å². The Balaban J connectivity index is 1.57. The Labute approximate surface area is 194 Å². The Hall–Kier alpha value is -3.59. The molecule has 0 unspecified atom stereocenters. The number of hydrogen-bond acceptors (Lipinski definition) is 5. The molecule has 2 aromatic carbocycles. The second kappa shape index (κ2) is 9.91. The first-order chi connectivity index (χ1) is 16.0. The molecule has 8 nitrogen and oxygen atoms in total. The lowest BCUT2D eigenvalue weighted by atomic mass is 10.1. The Morgan fingerprint density at radius 2 is 1.58 bits per heavy atom. The zero-order valence-corrected chi connectivity index (χ0v) is 19.3. The van der Waals surface area contributed by atoms with Crippen molar-refractivity contribution in [2.24, 2.45) is 14.1 Å². The molecule has 0 spiro atoms. The van der Waals surface area contributed by atoms with Crippen molar-refractivity contribution in [3.63, 3.8) is 0 Å². The van der Waals surface area contributed by atoms with E-state index < -0.39 is 11.2 Å². The number of carbonyl (C=O) groups is 1. The molecule has 33 heavy (non-hydrogen) atoms. The van der Waals surface area contributed by atoms with Gasteiger partial charge in [0.2, 0.25) is 5.91 Å². The van der Waals surface area contributed by atoms with Crippen LogP contribution in [-0.2, 0) is 31.9 Å². The average Bonchev–Trinajstić information content (AvgIpc) is 3.19. The van der Waals surface area contributed by atoms with E-state index in [1.165, 1.54) is 23.4 Å². The number of amides is 1. The van der Waals surface area contributed by atoms with Crippen molar-refractivity contribution in [3.8, 4) is 0 Å². The van der Waals surface area contributed by atoms with Gasteiger partial charge in [-0.2, -0.15) is 0 Å². The Bertz CT molecular complexity index is 1390. The quantitative estimate of drug-likeness (QED) is 0.403. The third-order valence-electron chi connectivity index (χ3n) is 5.41. The van der Waals surface area contributed by atoms with Crippen molar-refractivity contribution >= 4 is 28.8 Å². The van der Waals surface area contributed by atoms with E-state index in [2.05, 4.69) is 10.3 Å². The molecule has 2 heterocycles. The zero-order chi connectivity index (χ0) is 23.4. The van der Waals surface area contributed by atoms with Crippen LogP contribution in [0.15, 0.2) is 75.4 Å². The molecule has 2 aromatic heterocycles. The summed E-state index contributed by atoms with van der Waals surface area (Å²) in [6, 6.07) is 19.7. The predicted molar refractivity (Wildman–Crippen MR) is 130 cm³/mol. The molecular weight excluding hydrogens is 438 g/mol. The van der Waals surface area contributed by atoms with Gasteiger partial charge in [0.15, 0.2) is 16.3 Å². The largest absolute Gasteiger partial charge is 0.355 e. The molecule has 1 amide bonds. The molecule has 0 saturated heterocycles. The van der Waals surface area contributed by atoms with Crippen molar-refractivity contribution in [1.82, 2.24) is 24.0 Å². The van der Waals surface area contributed by atoms with E-state index in [9.17, 15) is 14.4 Å². The highest BCUT2D eigenvalue weighted by atomic mass is 32.2. The molecule has 1 N–H and O–H groups in total. The smallest absolute Gasteiger partial charge is 0.332 e. The van der Waals surface area contributed by atoms with E-state index in [4.69, 9.17) is 0 Å². The van der Waals surface area contributed by atoms with Gasteiger partial charge in [-0.25, -0.2) is 9.78 Å². The number of imidazole rings is 1. The first kappa shape index (κ1) is 22.6. The number of thioether (sulfide) groups is 1. The number of nitrogens with zero attached hydrogens (tertiary/aromatic N) is 4. The van der Waals surface area contributed by atoms with Crippen LogP contribution in [0.4, 0.5) is 0 Å². The van der Waals surface area contributed by atoms with Gasteiger partial charge in [-0.1, -0.05) is 72.4 Å². The third kappa shape index (κ3) is 4.93. The fourth-order valence-corrected chi connectivity index (χ4v) is 4.45. The molecule has 9 heteroatoms. The number of nitrogens with one attached hydrogen (secondary N) is 1. The molecule has 0 bridgehead atoms. The van der Waals surface area contributed by atoms with Crippen molar-refractivity contribution in [1.29, 1.82) is 0 Å². The van der Waals surface area contributed by atoms with Crippen LogP contribution in [0.1, 0.15) is 11.1 Å². The Kier molecular flexibility index (Phi) is 6.79. The molecule has 0 aliphatic carbocycles. The number of aryl methyl sites for hydroxylation is 1. The predicted octanol–water partition coefficient (Wildman–Crippen LogP) is 1.93. The van der Waals surface area contributed by atoms with Crippen LogP contribution in [0.25, 0.3) is 11.2 Å². The maximum atomic E-state index is 12.9. The van der Waals surface area contributed by atoms with Crippen LogP contribution in [0.5, 0.6) is 0 Å². The lowest BCUT2D eigenvalue weighted by molar-refractivity contribution is -0.118. The topological polar surface area (TPSA) is 90.9 Å². The number of carbonyl (C=O) groups excluding carboxylic acids is 1. The minimum Gasteiger partial charge on any atom is -0.355 e. The van der Waals surface area contributed by atoms with Gasteiger partial charge in [0.25, 0.3) is 5.56 Å². The second-order valence-electron chi connectivity index (χ2n) is 7.72. The van der Waals surface area contributed by atoms with Crippen LogP contribution in [-0.4, -0.2) is 36.9 Å². The maximum absolute atomic E-state index is 12.9. The summed E-state index contributed by atoms with van der Waals surface area (Å²) in [7, 11) is 3.05. The lowest BCUT2D eigenvalue weighted by Crippen LogP contribution is -2.37. The van der Waals surface area contributed by atoms with Crippen molar-refractivity contribution < 1.29 is 4.79 Å². The van der Waals surface area contributed by atoms with Crippen molar-refractivity contribution in [2.75, 3.05) is 12.3 Å². The van der Waals surface area contributed by atoms with E-state index in [-0.39, 0.29) is 11.7 Å². The summed E-state index contributed by atoms with van der Waals surface area (Å²) < 4.78 is 4.23. The van der Waals surface area contributed by atoms with E-state index >= 15 is 0 Å². The average molecular weight is 464 g/mol. The fraction of sp³-hybridized carbons (Fsp3) is 0.250.